The van der Waals surface area contributed by atoms with Gasteiger partial charge in [-0.25, -0.2) is 0 Å². The summed E-state index contributed by atoms with van der Waals surface area (Å²) < 4.78 is 5.93. The third-order valence-corrected chi connectivity index (χ3v) is 3.80. The molecule has 6 nitrogen and oxygen atoms in total. The fourth-order valence-electron chi connectivity index (χ4n) is 2.73. The van der Waals surface area contributed by atoms with Gasteiger partial charge in [-0.05, 0) is 25.1 Å². The van der Waals surface area contributed by atoms with Crippen LogP contribution in [0.2, 0.25) is 0 Å². The quantitative estimate of drug-likeness (QED) is 0.743. The molecule has 0 saturated heterocycles. The first kappa shape index (κ1) is 13.7. The van der Waals surface area contributed by atoms with E-state index in [1.807, 2.05) is 31.2 Å². The first-order valence-electron chi connectivity index (χ1n) is 6.61. The largest absolute Gasteiger partial charge is 0.475 e. The van der Waals surface area contributed by atoms with Gasteiger partial charge in [0, 0.05) is 5.56 Å². The zero-order chi connectivity index (χ0) is 15.9. The van der Waals surface area contributed by atoms with E-state index in [1.165, 1.54) is 0 Å². The summed E-state index contributed by atoms with van der Waals surface area (Å²) in [5.41, 5.74) is 6.17. The number of nitrogens with one attached hydrogen (secondary N) is 1. The van der Waals surface area contributed by atoms with Crippen molar-refractivity contribution >= 4 is 12.0 Å². The number of hydrogen-bond donors (Lipinski definition) is 2. The van der Waals surface area contributed by atoms with Gasteiger partial charge in [0.2, 0.25) is 5.91 Å². The molecule has 3 rings (SSSR count). The predicted octanol–water partition coefficient (Wildman–Crippen LogP) is 1.10. The molecule has 1 amide bonds. The number of rotatable bonds is 0. The SMILES string of the molecule is Cc1ccc2c(c1)C=CC1(O2)C(C#N)=C(N)NC(=O)C1C#N. The minimum atomic E-state index is -1.49. The van der Waals surface area contributed by atoms with Gasteiger partial charge in [0.15, 0.2) is 11.5 Å². The molecule has 0 bridgehead atoms. The molecule has 1 aromatic rings. The Kier molecular flexibility index (Phi) is 2.90. The van der Waals surface area contributed by atoms with E-state index in [9.17, 15) is 15.3 Å². The van der Waals surface area contributed by atoms with Crippen LogP contribution in [-0.2, 0) is 4.79 Å². The second kappa shape index (κ2) is 4.64. The molecule has 2 heterocycles. The van der Waals surface area contributed by atoms with Gasteiger partial charge in [-0.3, -0.25) is 4.79 Å². The molecule has 2 atom stereocenters. The third-order valence-electron chi connectivity index (χ3n) is 3.80. The van der Waals surface area contributed by atoms with E-state index in [2.05, 4.69) is 5.32 Å². The van der Waals surface area contributed by atoms with E-state index in [4.69, 9.17) is 10.5 Å². The summed E-state index contributed by atoms with van der Waals surface area (Å²) in [6.45, 7) is 1.95. The Morgan fingerprint density at radius 1 is 1.41 bits per heavy atom. The first-order valence-corrected chi connectivity index (χ1v) is 6.61. The van der Waals surface area contributed by atoms with E-state index in [-0.39, 0.29) is 11.4 Å². The lowest BCUT2D eigenvalue weighted by molar-refractivity contribution is -0.127. The van der Waals surface area contributed by atoms with E-state index < -0.39 is 17.4 Å². The Bertz CT molecular complexity index is 826. The van der Waals surface area contributed by atoms with Crippen molar-refractivity contribution in [3.63, 3.8) is 0 Å². The highest BCUT2D eigenvalue weighted by Crippen LogP contribution is 2.42. The number of ether oxygens (including phenoxy) is 1. The number of nitrogens with two attached hydrogens (primary N) is 1. The molecular formula is C16H12N4O2. The van der Waals surface area contributed by atoms with E-state index in [1.54, 1.807) is 18.2 Å². The topological polar surface area (TPSA) is 112 Å². The van der Waals surface area contributed by atoms with Crippen LogP contribution in [-0.4, -0.2) is 11.5 Å². The van der Waals surface area contributed by atoms with Crippen LogP contribution in [0.5, 0.6) is 5.75 Å². The molecule has 2 aliphatic rings. The number of aryl methyl sites for hydroxylation is 1. The summed E-state index contributed by atoms with van der Waals surface area (Å²) in [6, 6.07) is 9.39. The molecule has 3 N–H and O–H groups in total. The molecule has 0 aromatic heterocycles. The van der Waals surface area contributed by atoms with Gasteiger partial charge in [0.05, 0.1) is 6.07 Å². The first-order chi connectivity index (χ1) is 10.5. The van der Waals surface area contributed by atoms with Crippen LogP contribution in [0, 0.1) is 35.5 Å². The van der Waals surface area contributed by atoms with Crippen molar-refractivity contribution in [2.24, 2.45) is 11.7 Å². The number of fused-ring (bicyclic) bond motifs is 1. The molecule has 0 aliphatic carbocycles. The molecule has 22 heavy (non-hydrogen) atoms. The Labute approximate surface area is 127 Å². The number of carbonyl (C=O) groups is 1. The van der Waals surface area contributed by atoms with Crippen molar-refractivity contribution in [3.8, 4) is 17.9 Å². The van der Waals surface area contributed by atoms with Crippen molar-refractivity contribution in [2.45, 2.75) is 12.5 Å². The zero-order valence-corrected chi connectivity index (χ0v) is 11.8. The molecule has 0 fully saturated rings. The Balaban J connectivity index is 2.22. The molecule has 108 valence electrons. The summed E-state index contributed by atoms with van der Waals surface area (Å²) in [5, 5.41) is 21.1. The van der Waals surface area contributed by atoms with Gasteiger partial charge in [0.1, 0.15) is 23.2 Å². The highest BCUT2D eigenvalue weighted by molar-refractivity contribution is 5.89. The van der Waals surface area contributed by atoms with E-state index in [0.29, 0.717) is 5.75 Å². The molecule has 1 aromatic carbocycles. The smallest absolute Gasteiger partial charge is 0.247 e. The van der Waals surface area contributed by atoms with E-state index >= 15 is 0 Å². The maximum absolute atomic E-state index is 12.1. The van der Waals surface area contributed by atoms with Crippen LogP contribution in [0.1, 0.15) is 11.1 Å². The zero-order valence-electron chi connectivity index (χ0n) is 11.8. The second-order valence-electron chi connectivity index (χ2n) is 5.22. The van der Waals surface area contributed by atoms with Crippen LogP contribution < -0.4 is 15.8 Å². The van der Waals surface area contributed by atoms with Gasteiger partial charge in [0.25, 0.3) is 0 Å². The van der Waals surface area contributed by atoms with Crippen LogP contribution in [0.15, 0.2) is 35.7 Å². The number of benzene rings is 1. The number of amides is 1. The van der Waals surface area contributed by atoms with Crippen molar-refractivity contribution in [1.82, 2.24) is 5.32 Å². The number of nitrogens with zero attached hydrogens (tertiary/aromatic N) is 2. The highest BCUT2D eigenvalue weighted by Gasteiger charge is 2.53. The van der Waals surface area contributed by atoms with Crippen LogP contribution in [0.25, 0.3) is 6.08 Å². The van der Waals surface area contributed by atoms with Gasteiger partial charge < -0.3 is 15.8 Å². The summed E-state index contributed by atoms with van der Waals surface area (Å²) >= 11 is 0. The van der Waals surface area contributed by atoms with Crippen molar-refractivity contribution in [3.05, 3.63) is 46.8 Å². The predicted molar refractivity (Wildman–Crippen MR) is 77.6 cm³/mol. The lowest BCUT2D eigenvalue weighted by Gasteiger charge is -2.40. The molecule has 2 aliphatic heterocycles. The Morgan fingerprint density at radius 3 is 2.86 bits per heavy atom. The van der Waals surface area contributed by atoms with Crippen LogP contribution >= 0.6 is 0 Å². The van der Waals surface area contributed by atoms with Gasteiger partial charge in [-0.15, -0.1) is 0 Å². The molecule has 1 spiro atoms. The summed E-state index contributed by atoms with van der Waals surface area (Å²) in [5.74, 6) is -1.36. The van der Waals surface area contributed by atoms with Crippen molar-refractivity contribution in [1.29, 1.82) is 10.5 Å². The second-order valence-corrected chi connectivity index (χ2v) is 5.22. The summed E-state index contributed by atoms with van der Waals surface area (Å²) in [4.78, 5) is 12.1. The lowest BCUT2D eigenvalue weighted by atomic mass is 9.77. The standard InChI is InChI=1S/C16H12N4O2/c1-9-2-3-13-10(6-9)4-5-16(22-13)11(7-17)14(19)20-15(21)12(16)8-18/h2-6,12H,19H2,1H3,(H,20,21). The fraction of sp³-hybridized carbons (Fsp3) is 0.188. The molecule has 0 saturated carbocycles. The van der Waals surface area contributed by atoms with Crippen molar-refractivity contribution < 1.29 is 9.53 Å². The molecule has 0 radical (unpaired) electrons. The maximum Gasteiger partial charge on any atom is 0.247 e. The van der Waals surface area contributed by atoms with Gasteiger partial charge >= 0.3 is 0 Å². The minimum absolute atomic E-state index is 0.0288. The monoisotopic (exact) mass is 292 g/mol. The summed E-state index contributed by atoms with van der Waals surface area (Å²) in [7, 11) is 0. The average molecular weight is 292 g/mol. The normalized spacial score (nSPS) is 25.8. The fourth-order valence-corrected chi connectivity index (χ4v) is 2.73. The number of hydrogen-bond acceptors (Lipinski definition) is 5. The molecular weight excluding hydrogens is 280 g/mol. The van der Waals surface area contributed by atoms with Crippen LogP contribution in [0.4, 0.5) is 0 Å². The number of nitriles is 2. The maximum atomic E-state index is 12.1. The lowest BCUT2D eigenvalue weighted by Crippen LogP contribution is -2.56. The minimum Gasteiger partial charge on any atom is -0.475 e. The Morgan fingerprint density at radius 2 is 2.18 bits per heavy atom. The molecule has 6 heteroatoms. The highest BCUT2D eigenvalue weighted by atomic mass is 16.5. The van der Waals surface area contributed by atoms with E-state index in [0.717, 1.165) is 11.1 Å². The Hall–Kier alpha value is -3.25. The van der Waals surface area contributed by atoms with Crippen LogP contribution in [0.3, 0.4) is 0 Å². The number of carbonyl (C=O) groups excluding carboxylic acids is 1. The van der Waals surface area contributed by atoms with Gasteiger partial charge in [-0.1, -0.05) is 17.7 Å². The summed E-state index contributed by atoms with van der Waals surface area (Å²) in [6.07, 6.45) is 3.31. The average Bonchev–Trinajstić information content (AvgIpc) is 2.48. The molecule has 2 unspecified atom stereocenters. The third kappa shape index (κ3) is 1.75. The van der Waals surface area contributed by atoms with Gasteiger partial charge in [-0.2, -0.15) is 10.5 Å². The van der Waals surface area contributed by atoms with Crippen molar-refractivity contribution in [2.75, 3.05) is 0 Å².